The Balaban J connectivity index is 3.21. The van der Waals surface area contributed by atoms with Crippen LogP contribution in [0.2, 0.25) is 0 Å². The van der Waals surface area contributed by atoms with Crippen molar-refractivity contribution in [3.63, 3.8) is 0 Å². The summed E-state index contributed by atoms with van der Waals surface area (Å²) in [6.45, 7) is 7.55. The highest BCUT2D eigenvalue weighted by Crippen LogP contribution is 2.31. The minimum atomic E-state index is -3.86. The van der Waals surface area contributed by atoms with Gasteiger partial charge in [-0.2, -0.15) is 0 Å². The van der Waals surface area contributed by atoms with Gasteiger partial charge in [-0.05, 0) is 25.0 Å². The molecule has 0 radical (unpaired) electrons. The molecule has 0 aromatic rings. The lowest BCUT2D eigenvalue weighted by molar-refractivity contribution is -0.132. The molecule has 132 valence electrons. The molecule has 0 spiro atoms. The van der Waals surface area contributed by atoms with Crippen molar-refractivity contribution in [2.24, 2.45) is 11.1 Å². The maximum Gasteiger partial charge on any atom is 0.335 e. The maximum atomic E-state index is 11.9. The van der Waals surface area contributed by atoms with Gasteiger partial charge in [-0.1, -0.05) is 33.6 Å². The topological polar surface area (TPSA) is 101 Å². The van der Waals surface area contributed by atoms with Crippen LogP contribution in [0.1, 0.15) is 46.5 Å². The van der Waals surface area contributed by atoms with Crippen molar-refractivity contribution in [3.05, 3.63) is 23.4 Å². The maximum absolute atomic E-state index is 11.9. The molecule has 1 aliphatic carbocycles. The van der Waals surface area contributed by atoms with Crippen molar-refractivity contribution >= 4 is 16.0 Å². The fourth-order valence-corrected chi connectivity index (χ4v) is 3.83. The Hall–Kier alpha value is -1.34. The molecule has 0 fully saturated rings. The van der Waals surface area contributed by atoms with Gasteiger partial charge in [-0.3, -0.25) is 0 Å². The Morgan fingerprint density at radius 1 is 1.26 bits per heavy atom. The lowest BCUT2D eigenvalue weighted by Gasteiger charge is -2.35. The van der Waals surface area contributed by atoms with Crippen molar-refractivity contribution in [3.8, 4) is 0 Å². The van der Waals surface area contributed by atoms with Crippen LogP contribution in [0.4, 0.5) is 0 Å². The van der Waals surface area contributed by atoms with Gasteiger partial charge in [-0.25, -0.2) is 18.4 Å². The van der Waals surface area contributed by atoms with Crippen LogP contribution in [0, 0.1) is 5.92 Å². The lowest BCUT2D eigenvalue weighted by atomic mass is 9.92. The molecule has 0 heterocycles. The number of nitrogens with two attached hydrogens (primary N) is 1. The van der Waals surface area contributed by atoms with Crippen molar-refractivity contribution < 1.29 is 18.3 Å². The third kappa shape index (κ3) is 5.35. The standard InChI is InChI=1S/C16H28N2O4S/c1-4-6-8-18(9-7-5-2)14-10-13(16(19)20)11-15(12(14)3)23(17,21)22/h10-12,15H,4-9H2,1-3H3,(H,19,20)(H2,17,21,22). The largest absolute Gasteiger partial charge is 0.478 e. The minimum Gasteiger partial charge on any atom is -0.478 e. The monoisotopic (exact) mass is 344 g/mol. The number of carboxylic acids is 1. The molecule has 2 atom stereocenters. The third-order valence-electron chi connectivity index (χ3n) is 4.16. The highest BCUT2D eigenvalue weighted by molar-refractivity contribution is 7.90. The molecule has 0 bridgehead atoms. The van der Waals surface area contributed by atoms with Gasteiger partial charge in [-0.15, -0.1) is 0 Å². The normalized spacial score (nSPS) is 21.6. The molecule has 6 nitrogen and oxygen atoms in total. The van der Waals surface area contributed by atoms with E-state index in [0.29, 0.717) is 0 Å². The second-order valence-corrected chi connectivity index (χ2v) is 7.76. The van der Waals surface area contributed by atoms with Gasteiger partial charge in [0, 0.05) is 24.7 Å². The minimum absolute atomic E-state index is 0.00452. The smallest absolute Gasteiger partial charge is 0.335 e. The van der Waals surface area contributed by atoms with E-state index in [1.807, 2.05) is 0 Å². The molecule has 1 aliphatic rings. The molecule has 7 heteroatoms. The van der Waals surface area contributed by atoms with Crippen LogP contribution in [-0.4, -0.2) is 42.7 Å². The fraction of sp³-hybridized carbons (Fsp3) is 0.688. The zero-order valence-electron chi connectivity index (χ0n) is 14.2. The number of nitrogens with zero attached hydrogens (tertiary/aromatic N) is 1. The summed E-state index contributed by atoms with van der Waals surface area (Å²) in [6, 6.07) is 0. The van der Waals surface area contributed by atoms with E-state index in [1.165, 1.54) is 6.08 Å². The average Bonchev–Trinajstić information content (AvgIpc) is 2.46. The molecule has 0 amide bonds. The van der Waals surface area contributed by atoms with Crippen LogP contribution in [-0.2, 0) is 14.8 Å². The Kier molecular flexibility index (Phi) is 7.28. The van der Waals surface area contributed by atoms with Crippen LogP contribution in [0.25, 0.3) is 0 Å². The van der Waals surface area contributed by atoms with E-state index in [2.05, 4.69) is 18.7 Å². The van der Waals surface area contributed by atoms with E-state index in [0.717, 1.165) is 44.5 Å². The van der Waals surface area contributed by atoms with Gasteiger partial charge in [0.15, 0.2) is 0 Å². The molecule has 0 aromatic carbocycles. The molecule has 0 saturated carbocycles. The summed E-state index contributed by atoms with van der Waals surface area (Å²) in [5, 5.41) is 13.6. The molecule has 0 aromatic heterocycles. The molecular weight excluding hydrogens is 316 g/mol. The number of rotatable bonds is 9. The summed E-state index contributed by atoms with van der Waals surface area (Å²) in [5.41, 5.74) is 0.751. The Labute approximate surface area is 139 Å². The SMILES string of the molecule is CCCCN(CCCC)C1=CC(C(=O)O)=CC(S(N)(=O)=O)C1C. The molecule has 2 unspecified atom stereocenters. The molecule has 3 N–H and O–H groups in total. The number of primary sulfonamides is 1. The predicted octanol–water partition coefficient (Wildman–Crippen LogP) is 2.09. The first-order valence-corrected chi connectivity index (χ1v) is 9.76. The number of aliphatic carboxylic acids is 1. The third-order valence-corrected chi connectivity index (χ3v) is 5.46. The average molecular weight is 344 g/mol. The summed E-state index contributed by atoms with van der Waals surface area (Å²) < 4.78 is 23.7. The predicted molar refractivity (Wildman–Crippen MR) is 91.3 cm³/mol. The number of sulfonamides is 1. The highest BCUT2D eigenvalue weighted by Gasteiger charge is 2.35. The highest BCUT2D eigenvalue weighted by atomic mass is 32.2. The van der Waals surface area contributed by atoms with Crippen LogP contribution < -0.4 is 5.14 Å². The van der Waals surface area contributed by atoms with Gasteiger partial charge in [0.1, 0.15) is 5.25 Å². The van der Waals surface area contributed by atoms with Gasteiger partial charge >= 0.3 is 5.97 Å². The Morgan fingerprint density at radius 2 is 1.78 bits per heavy atom. The zero-order valence-corrected chi connectivity index (χ0v) is 15.0. The summed E-state index contributed by atoms with van der Waals surface area (Å²) in [7, 11) is -3.86. The number of hydrogen-bond acceptors (Lipinski definition) is 4. The van der Waals surface area contributed by atoms with Crippen LogP contribution >= 0.6 is 0 Å². The van der Waals surface area contributed by atoms with Gasteiger partial charge < -0.3 is 10.0 Å². The summed E-state index contributed by atoms with van der Waals surface area (Å²) in [6.07, 6.45) is 6.83. The van der Waals surface area contributed by atoms with E-state index >= 15 is 0 Å². The van der Waals surface area contributed by atoms with Crippen molar-refractivity contribution in [2.75, 3.05) is 13.1 Å². The second-order valence-electron chi connectivity index (χ2n) is 6.03. The van der Waals surface area contributed by atoms with E-state index in [9.17, 15) is 18.3 Å². The number of allylic oxidation sites excluding steroid dienone is 1. The van der Waals surface area contributed by atoms with E-state index in [4.69, 9.17) is 5.14 Å². The first-order valence-electron chi connectivity index (χ1n) is 8.15. The second kappa shape index (κ2) is 8.49. The quantitative estimate of drug-likeness (QED) is 0.667. The van der Waals surface area contributed by atoms with Crippen molar-refractivity contribution in [1.29, 1.82) is 0 Å². The zero-order chi connectivity index (χ0) is 17.6. The fourth-order valence-electron chi connectivity index (χ4n) is 2.79. The Morgan fingerprint density at radius 3 is 2.17 bits per heavy atom. The molecular formula is C16H28N2O4S. The first-order chi connectivity index (χ1) is 10.7. The summed E-state index contributed by atoms with van der Waals surface area (Å²) in [5.74, 6) is -1.49. The van der Waals surface area contributed by atoms with Crippen molar-refractivity contribution in [1.82, 2.24) is 4.90 Å². The Bertz CT molecular complexity index is 573. The molecule has 0 aliphatic heterocycles. The number of carbonyl (C=O) groups is 1. The number of hydrogen-bond donors (Lipinski definition) is 2. The first kappa shape index (κ1) is 19.7. The number of carboxylic acid groups (broad SMARTS) is 1. The van der Waals surface area contributed by atoms with Crippen LogP contribution in [0.5, 0.6) is 0 Å². The van der Waals surface area contributed by atoms with Gasteiger partial charge in [0.25, 0.3) is 0 Å². The van der Waals surface area contributed by atoms with Crippen LogP contribution in [0.15, 0.2) is 23.4 Å². The van der Waals surface area contributed by atoms with Crippen LogP contribution in [0.3, 0.4) is 0 Å². The molecule has 0 saturated heterocycles. The summed E-state index contributed by atoms with van der Waals surface area (Å²) in [4.78, 5) is 13.5. The lowest BCUT2D eigenvalue weighted by Crippen LogP contribution is -2.40. The molecule has 1 rings (SSSR count). The van der Waals surface area contributed by atoms with E-state index in [1.54, 1.807) is 13.0 Å². The van der Waals surface area contributed by atoms with Gasteiger partial charge in [0.2, 0.25) is 10.0 Å². The van der Waals surface area contributed by atoms with E-state index in [-0.39, 0.29) is 11.5 Å². The van der Waals surface area contributed by atoms with E-state index < -0.39 is 21.2 Å². The van der Waals surface area contributed by atoms with Crippen molar-refractivity contribution in [2.45, 2.75) is 51.7 Å². The number of unbranched alkanes of at least 4 members (excludes halogenated alkanes) is 2. The van der Waals surface area contributed by atoms with Gasteiger partial charge in [0.05, 0.1) is 5.57 Å². The molecule has 23 heavy (non-hydrogen) atoms. The summed E-state index contributed by atoms with van der Waals surface area (Å²) >= 11 is 0.